The normalized spacial score (nSPS) is 12.0. The maximum Gasteiger partial charge on any atom is 0.0991 e. The van der Waals surface area contributed by atoms with Gasteiger partial charge in [0.15, 0.2) is 0 Å². The van der Waals surface area contributed by atoms with Gasteiger partial charge in [0.1, 0.15) is 0 Å². The third kappa shape index (κ3) is 3.70. The number of rotatable bonds is 6. The quantitative estimate of drug-likeness (QED) is 0.633. The zero-order chi connectivity index (χ0) is 13.5. The molecule has 0 saturated carbocycles. The fourth-order valence-electron chi connectivity index (χ4n) is 1.97. The summed E-state index contributed by atoms with van der Waals surface area (Å²) in [7, 11) is 0. The van der Waals surface area contributed by atoms with Crippen LogP contribution in [0.1, 0.15) is 31.4 Å². The maximum absolute atomic E-state index is 5.23. The monoisotopic (exact) mass is 253 g/mol. The van der Waals surface area contributed by atoms with Gasteiger partial charge in [-0.3, -0.25) is 0 Å². The molecule has 0 amide bonds. The molecule has 1 aromatic carbocycles. The maximum atomic E-state index is 5.23. The van der Waals surface area contributed by atoms with Gasteiger partial charge in [0.05, 0.1) is 6.33 Å². The minimum atomic E-state index is 0.342. The van der Waals surface area contributed by atoms with Crippen LogP contribution in [-0.4, -0.2) is 16.1 Å². The smallest absolute Gasteiger partial charge is 0.0991 e. The van der Waals surface area contributed by atoms with E-state index in [-0.39, 0.29) is 0 Å². The highest BCUT2D eigenvalue weighted by molar-refractivity contribution is 5.35. The van der Waals surface area contributed by atoms with E-state index in [0.717, 1.165) is 25.1 Å². The van der Waals surface area contributed by atoms with Crippen LogP contribution in [0.5, 0.6) is 0 Å². The van der Waals surface area contributed by atoms with Gasteiger partial charge in [-0.2, -0.15) is 0 Å². The first-order valence-electron chi connectivity index (χ1n) is 6.56. The average Bonchev–Trinajstić information content (AvgIpc) is 2.98. The zero-order valence-electron chi connectivity index (χ0n) is 11.2. The van der Waals surface area contributed by atoms with Crippen LogP contribution in [0.3, 0.4) is 0 Å². The number of terminal acetylenes is 1. The lowest BCUT2D eigenvalue weighted by molar-refractivity contribution is 0.562. The van der Waals surface area contributed by atoms with E-state index in [9.17, 15) is 0 Å². The molecule has 2 aromatic rings. The van der Waals surface area contributed by atoms with Crippen LogP contribution in [0.15, 0.2) is 43.0 Å². The number of benzene rings is 1. The third-order valence-corrected chi connectivity index (χ3v) is 3.14. The van der Waals surface area contributed by atoms with Crippen molar-refractivity contribution in [3.05, 3.63) is 48.5 Å². The summed E-state index contributed by atoms with van der Waals surface area (Å²) in [5, 5.41) is 3.47. The van der Waals surface area contributed by atoms with Crippen LogP contribution in [0.4, 0.5) is 0 Å². The summed E-state index contributed by atoms with van der Waals surface area (Å²) >= 11 is 0. The molecule has 1 N–H and O–H groups in total. The Morgan fingerprint density at radius 3 is 2.79 bits per heavy atom. The van der Waals surface area contributed by atoms with Gasteiger partial charge in [0.2, 0.25) is 0 Å². The van der Waals surface area contributed by atoms with E-state index in [1.54, 1.807) is 12.5 Å². The lowest BCUT2D eigenvalue weighted by atomic mass is 10.1. The molecule has 0 aliphatic rings. The van der Waals surface area contributed by atoms with Crippen LogP contribution < -0.4 is 5.32 Å². The minimum Gasteiger partial charge on any atom is -0.310 e. The molecule has 19 heavy (non-hydrogen) atoms. The first-order valence-corrected chi connectivity index (χ1v) is 6.56. The number of nitrogens with zero attached hydrogens (tertiary/aromatic N) is 2. The summed E-state index contributed by atoms with van der Waals surface area (Å²) in [4.78, 5) is 4.05. The summed E-state index contributed by atoms with van der Waals surface area (Å²) in [5.41, 5.74) is 2.41. The molecule has 0 bridgehead atoms. The molecular weight excluding hydrogens is 234 g/mol. The first kappa shape index (κ1) is 13.4. The Bertz CT molecular complexity index is 520. The fourth-order valence-corrected chi connectivity index (χ4v) is 1.97. The van der Waals surface area contributed by atoms with Gasteiger partial charge in [-0.05, 0) is 37.6 Å². The van der Waals surface area contributed by atoms with Crippen LogP contribution in [-0.2, 0) is 0 Å². The van der Waals surface area contributed by atoms with Crippen molar-refractivity contribution < 1.29 is 0 Å². The Hall–Kier alpha value is -2.05. The van der Waals surface area contributed by atoms with Gasteiger partial charge >= 0.3 is 0 Å². The standard InChI is InChI=1S/C16H19N3/c1-3-4-5-10-18-14(2)15-6-8-16(9-7-15)19-12-11-17-13-19/h1,6-9,11-14,18H,4-5,10H2,2H3. The van der Waals surface area contributed by atoms with Crippen molar-refractivity contribution in [3.63, 3.8) is 0 Å². The van der Waals surface area contributed by atoms with Gasteiger partial charge in [-0.25, -0.2) is 4.98 Å². The highest BCUT2D eigenvalue weighted by atomic mass is 15.0. The Morgan fingerprint density at radius 1 is 1.37 bits per heavy atom. The lowest BCUT2D eigenvalue weighted by Gasteiger charge is -2.14. The van der Waals surface area contributed by atoms with Crippen LogP contribution in [0.2, 0.25) is 0 Å². The van der Waals surface area contributed by atoms with Gasteiger partial charge in [0.25, 0.3) is 0 Å². The molecule has 0 aliphatic carbocycles. The van der Waals surface area contributed by atoms with Crippen LogP contribution in [0.25, 0.3) is 5.69 Å². The SMILES string of the molecule is C#CCCCNC(C)c1ccc(-n2ccnc2)cc1. The molecule has 0 spiro atoms. The number of aromatic nitrogens is 2. The first-order chi connectivity index (χ1) is 9.31. The molecule has 1 heterocycles. The van der Waals surface area contributed by atoms with Crippen molar-refractivity contribution in [1.82, 2.24) is 14.9 Å². The lowest BCUT2D eigenvalue weighted by Crippen LogP contribution is -2.19. The third-order valence-electron chi connectivity index (χ3n) is 3.14. The van der Waals surface area contributed by atoms with Gasteiger partial charge in [0, 0.05) is 30.5 Å². The Morgan fingerprint density at radius 2 is 2.16 bits per heavy atom. The molecule has 3 heteroatoms. The number of unbranched alkanes of at least 4 members (excludes halogenated alkanes) is 1. The van der Waals surface area contributed by atoms with E-state index >= 15 is 0 Å². The Kier molecular flexibility index (Phi) is 4.77. The van der Waals surface area contributed by atoms with Crippen molar-refractivity contribution >= 4 is 0 Å². The molecule has 1 atom stereocenters. The summed E-state index contributed by atoms with van der Waals surface area (Å²) in [6, 6.07) is 8.85. The van der Waals surface area contributed by atoms with E-state index in [1.165, 1.54) is 5.56 Å². The summed E-state index contributed by atoms with van der Waals surface area (Å²) in [6.45, 7) is 3.12. The number of hydrogen-bond acceptors (Lipinski definition) is 2. The fraction of sp³-hybridized carbons (Fsp3) is 0.312. The predicted octanol–water partition coefficient (Wildman–Crippen LogP) is 2.94. The van der Waals surface area contributed by atoms with E-state index in [2.05, 4.69) is 47.4 Å². The molecule has 0 saturated heterocycles. The molecular formula is C16H19N3. The second kappa shape index (κ2) is 6.77. The van der Waals surface area contributed by atoms with Crippen LogP contribution in [0, 0.1) is 12.3 Å². The van der Waals surface area contributed by atoms with E-state index in [4.69, 9.17) is 6.42 Å². The topological polar surface area (TPSA) is 29.9 Å². The number of nitrogens with one attached hydrogen (secondary N) is 1. The Balaban J connectivity index is 1.93. The second-order valence-electron chi connectivity index (χ2n) is 4.54. The number of hydrogen-bond donors (Lipinski definition) is 1. The van der Waals surface area contributed by atoms with Crippen molar-refractivity contribution in [1.29, 1.82) is 0 Å². The van der Waals surface area contributed by atoms with E-state index in [0.29, 0.717) is 6.04 Å². The van der Waals surface area contributed by atoms with Crippen molar-refractivity contribution in [3.8, 4) is 18.0 Å². The largest absolute Gasteiger partial charge is 0.310 e. The van der Waals surface area contributed by atoms with Gasteiger partial charge in [-0.1, -0.05) is 12.1 Å². The predicted molar refractivity (Wildman–Crippen MR) is 78.0 cm³/mol. The summed E-state index contributed by atoms with van der Waals surface area (Å²) in [5.74, 6) is 2.66. The second-order valence-corrected chi connectivity index (χ2v) is 4.54. The van der Waals surface area contributed by atoms with Crippen LogP contribution >= 0.6 is 0 Å². The molecule has 2 rings (SSSR count). The van der Waals surface area contributed by atoms with E-state index in [1.807, 2.05) is 10.8 Å². The number of imidazole rings is 1. The summed E-state index contributed by atoms with van der Waals surface area (Å²) < 4.78 is 1.99. The van der Waals surface area contributed by atoms with Gasteiger partial charge < -0.3 is 9.88 Å². The molecule has 0 aliphatic heterocycles. The molecule has 0 fully saturated rings. The molecule has 3 nitrogen and oxygen atoms in total. The van der Waals surface area contributed by atoms with E-state index < -0.39 is 0 Å². The minimum absolute atomic E-state index is 0.342. The van der Waals surface area contributed by atoms with Gasteiger partial charge in [-0.15, -0.1) is 12.3 Å². The van der Waals surface area contributed by atoms with Crippen molar-refractivity contribution in [2.24, 2.45) is 0 Å². The zero-order valence-corrected chi connectivity index (χ0v) is 11.2. The average molecular weight is 253 g/mol. The molecule has 1 unspecified atom stereocenters. The highest BCUT2D eigenvalue weighted by Crippen LogP contribution is 2.15. The van der Waals surface area contributed by atoms with Crippen molar-refractivity contribution in [2.45, 2.75) is 25.8 Å². The highest BCUT2D eigenvalue weighted by Gasteiger charge is 2.04. The molecule has 1 aromatic heterocycles. The molecule has 98 valence electrons. The molecule has 0 radical (unpaired) electrons. The summed E-state index contributed by atoms with van der Waals surface area (Å²) in [6.07, 6.45) is 12.6. The Labute approximate surface area is 114 Å². The van der Waals surface area contributed by atoms with Crippen molar-refractivity contribution in [2.75, 3.05) is 6.54 Å².